The third-order valence-electron chi connectivity index (χ3n) is 4.78. The lowest BCUT2D eigenvalue weighted by atomic mass is 9.89. The Morgan fingerprint density at radius 3 is 2.60 bits per heavy atom. The van der Waals surface area contributed by atoms with Gasteiger partial charge in [0.15, 0.2) is 0 Å². The van der Waals surface area contributed by atoms with E-state index < -0.39 is 0 Å². The smallest absolute Gasteiger partial charge is 0.0832 e. The van der Waals surface area contributed by atoms with Crippen molar-refractivity contribution in [2.45, 2.75) is 74.8 Å². The minimum Gasteiger partial charge on any atom is -0.369 e. The molecule has 110 valence electrons. The fourth-order valence-corrected chi connectivity index (χ4v) is 4.33. The summed E-state index contributed by atoms with van der Waals surface area (Å²) >= 11 is 3.88. The molecule has 1 saturated carbocycles. The van der Waals surface area contributed by atoms with E-state index in [0.29, 0.717) is 17.0 Å². The normalized spacial score (nSPS) is 31.1. The largest absolute Gasteiger partial charge is 0.369 e. The van der Waals surface area contributed by atoms with Gasteiger partial charge < -0.3 is 4.74 Å². The molecule has 3 atom stereocenters. The van der Waals surface area contributed by atoms with Crippen LogP contribution in [0, 0.1) is 0 Å². The second-order valence-electron chi connectivity index (χ2n) is 6.26. The molecule has 0 heterocycles. The molecule has 1 fully saturated rings. The van der Waals surface area contributed by atoms with Crippen LogP contribution in [0.5, 0.6) is 0 Å². The van der Waals surface area contributed by atoms with E-state index in [2.05, 4.69) is 40.2 Å². The maximum absolute atomic E-state index is 6.56. The van der Waals surface area contributed by atoms with Crippen LogP contribution >= 0.6 is 15.9 Å². The van der Waals surface area contributed by atoms with Crippen molar-refractivity contribution in [1.29, 1.82) is 0 Å². The average Bonchev–Trinajstić information content (AvgIpc) is 2.47. The zero-order valence-corrected chi connectivity index (χ0v) is 13.8. The minimum absolute atomic E-state index is 0.324. The van der Waals surface area contributed by atoms with Gasteiger partial charge in [0.2, 0.25) is 0 Å². The van der Waals surface area contributed by atoms with Gasteiger partial charge in [0, 0.05) is 4.83 Å². The van der Waals surface area contributed by atoms with Gasteiger partial charge >= 0.3 is 0 Å². The van der Waals surface area contributed by atoms with Gasteiger partial charge in [0.05, 0.1) is 12.2 Å². The zero-order chi connectivity index (χ0) is 13.8. The second kappa shape index (κ2) is 7.09. The van der Waals surface area contributed by atoms with E-state index in [1.54, 1.807) is 0 Å². The van der Waals surface area contributed by atoms with Crippen molar-refractivity contribution in [2.24, 2.45) is 0 Å². The molecule has 0 saturated heterocycles. The molecule has 0 bridgehead atoms. The molecule has 2 aliphatic carbocycles. The lowest BCUT2D eigenvalue weighted by Crippen LogP contribution is -2.29. The Morgan fingerprint density at radius 2 is 1.70 bits per heavy atom. The lowest BCUT2D eigenvalue weighted by Gasteiger charge is -2.33. The summed E-state index contributed by atoms with van der Waals surface area (Å²) in [5, 5.41) is 0. The number of fused-ring (bicyclic) bond motifs is 1. The van der Waals surface area contributed by atoms with Crippen LogP contribution in [-0.4, -0.2) is 10.9 Å². The summed E-state index contributed by atoms with van der Waals surface area (Å²) in [5.41, 5.74) is 2.95. The van der Waals surface area contributed by atoms with E-state index in [-0.39, 0.29) is 0 Å². The van der Waals surface area contributed by atoms with E-state index in [4.69, 9.17) is 4.74 Å². The molecule has 20 heavy (non-hydrogen) atoms. The molecule has 0 aliphatic heterocycles. The highest BCUT2D eigenvalue weighted by atomic mass is 79.9. The molecule has 0 spiro atoms. The number of aryl methyl sites for hydroxylation is 1. The molecule has 0 N–H and O–H groups in total. The molecular weight excluding hydrogens is 312 g/mol. The number of rotatable bonds is 2. The van der Waals surface area contributed by atoms with E-state index in [1.165, 1.54) is 68.9 Å². The second-order valence-corrected chi connectivity index (χ2v) is 7.44. The number of ether oxygens (including phenoxy) is 1. The number of halogens is 1. The third kappa shape index (κ3) is 3.46. The average molecular weight is 337 g/mol. The zero-order valence-electron chi connectivity index (χ0n) is 12.2. The van der Waals surface area contributed by atoms with Crippen molar-refractivity contribution in [2.75, 3.05) is 0 Å². The first-order valence-electron chi connectivity index (χ1n) is 8.22. The lowest BCUT2D eigenvalue weighted by molar-refractivity contribution is -0.0296. The first-order valence-corrected chi connectivity index (χ1v) is 9.13. The third-order valence-corrected chi connectivity index (χ3v) is 5.82. The fraction of sp³-hybridized carbons (Fsp3) is 0.667. The van der Waals surface area contributed by atoms with Crippen molar-refractivity contribution in [3.63, 3.8) is 0 Å². The standard InChI is InChI=1S/C18H25BrO/c19-16-11-3-1-2-4-12-18(16)20-17-13-7-9-14-8-5-6-10-15(14)17/h5-6,8,10,16-18H,1-4,7,9,11-13H2. The SMILES string of the molecule is BrC1CCCCCCC1OC1CCCc2ccccc21. The molecule has 1 aromatic rings. The summed E-state index contributed by atoms with van der Waals surface area (Å²) in [7, 11) is 0. The topological polar surface area (TPSA) is 9.23 Å². The summed E-state index contributed by atoms with van der Waals surface area (Å²) in [6, 6.07) is 8.86. The van der Waals surface area contributed by atoms with Crippen molar-refractivity contribution in [1.82, 2.24) is 0 Å². The molecule has 3 rings (SSSR count). The van der Waals surface area contributed by atoms with Crippen LogP contribution in [-0.2, 0) is 11.2 Å². The molecular formula is C18H25BrO. The van der Waals surface area contributed by atoms with Crippen molar-refractivity contribution in [3.8, 4) is 0 Å². The van der Waals surface area contributed by atoms with Gasteiger partial charge in [-0.1, -0.05) is 65.9 Å². The van der Waals surface area contributed by atoms with Crippen LogP contribution in [0.15, 0.2) is 24.3 Å². The summed E-state index contributed by atoms with van der Waals surface area (Å²) in [6.45, 7) is 0. The molecule has 0 aromatic heterocycles. The van der Waals surface area contributed by atoms with Crippen LogP contribution in [0.1, 0.15) is 68.6 Å². The van der Waals surface area contributed by atoms with Crippen LogP contribution in [0.4, 0.5) is 0 Å². The first kappa shape index (κ1) is 14.6. The van der Waals surface area contributed by atoms with E-state index in [9.17, 15) is 0 Å². The van der Waals surface area contributed by atoms with Gasteiger partial charge in [-0.3, -0.25) is 0 Å². The monoisotopic (exact) mass is 336 g/mol. The Labute approximate surface area is 131 Å². The van der Waals surface area contributed by atoms with Crippen molar-refractivity contribution < 1.29 is 4.74 Å². The number of hydrogen-bond acceptors (Lipinski definition) is 1. The number of hydrogen-bond donors (Lipinski definition) is 0. The Balaban J connectivity index is 1.70. The minimum atomic E-state index is 0.324. The predicted molar refractivity (Wildman–Crippen MR) is 87.4 cm³/mol. The van der Waals surface area contributed by atoms with E-state index in [1.807, 2.05) is 0 Å². The highest BCUT2D eigenvalue weighted by Gasteiger charge is 2.27. The van der Waals surface area contributed by atoms with Crippen molar-refractivity contribution >= 4 is 15.9 Å². The maximum atomic E-state index is 6.56. The van der Waals surface area contributed by atoms with Crippen LogP contribution in [0.3, 0.4) is 0 Å². The highest BCUT2D eigenvalue weighted by molar-refractivity contribution is 9.09. The van der Waals surface area contributed by atoms with Crippen molar-refractivity contribution in [3.05, 3.63) is 35.4 Å². The first-order chi connectivity index (χ1) is 9.84. The molecule has 0 amide bonds. The summed E-state index contributed by atoms with van der Waals surface area (Å²) in [5.74, 6) is 0. The Morgan fingerprint density at radius 1 is 0.900 bits per heavy atom. The molecule has 3 unspecified atom stereocenters. The van der Waals surface area contributed by atoms with Crippen LogP contribution in [0.25, 0.3) is 0 Å². The molecule has 2 aliphatic rings. The summed E-state index contributed by atoms with van der Waals surface area (Å²) in [4.78, 5) is 0.539. The molecule has 2 heteroatoms. The van der Waals surface area contributed by atoms with Crippen LogP contribution in [0.2, 0.25) is 0 Å². The summed E-state index contributed by atoms with van der Waals surface area (Å²) in [6.07, 6.45) is 12.3. The van der Waals surface area contributed by atoms with E-state index in [0.717, 1.165) is 0 Å². The maximum Gasteiger partial charge on any atom is 0.0832 e. The Hall–Kier alpha value is -0.340. The van der Waals surface area contributed by atoms with Gasteiger partial charge in [-0.25, -0.2) is 0 Å². The summed E-state index contributed by atoms with van der Waals surface area (Å²) < 4.78 is 6.56. The van der Waals surface area contributed by atoms with Gasteiger partial charge in [0.1, 0.15) is 0 Å². The fourth-order valence-electron chi connectivity index (χ4n) is 3.62. The van der Waals surface area contributed by atoms with Crippen LogP contribution < -0.4 is 0 Å². The van der Waals surface area contributed by atoms with E-state index >= 15 is 0 Å². The quantitative estimate of drug-likeness (QED) is 0.641. The molecule has 0 radical (unpaired) electrons. The molecule has 1 nitrogen and oxygen atoms in total. The van der Waals surface area contributed by atoms with Gasteiger partial charge in [-0.15, -0.1) is 0 Å². The Bertz CT molecular complexity index is 431. The Kier molecular flexibility index (Phi) is 5.17. The van der Waals surface area contributed by atoms with Gasteiger partial charge in [-0.2, -0.15) is 0 Å². The predicted octanol–water partition coefficient (Wildman–Crippen LogP) is 5.57. The number of alkyl halides is 1. The molecule has 1 aromatic carbocycles. The number of benzene rings is 1. The van der Waals surface area contributed by atoms with Gasteiger partial charge in [-0.05, 0) is 43.2 Å². The highest BCUT2D eigenvalue weighted by Crippen LogP contribution is 2.36. The van der Waals surface area contributed by atoms with Gasteiger partial charge in [0.25, 0.3) is 0 Å².